The summed E-state index contributed by atoms with van der Waals surface area (Å²) in [6, 6.07) is 0. The lowest BCUT2D eigenvalue weighted by Gasteiger charge is -2.21. The van der Waals surface area contributed by atoms with Gasteiger partial charge in [0, 0.05) is 25.7 Å². The summed E-state index contributed by atoms with van der Waals surface area (Å²) in [5, 5.41) is 10.7. The third-order valence-corrected chi connectivity index (χ3v) is 21.6. The van der Waals surface area contributed by atoms with E-state index in [9.17, 15) is 43.2 Å². The van der Waals surface area contributed by atoms with Crippen molar-refractivity contribution in [3.63, 3.8) is 0 Å². The van der Waals surface area contributed by atoms with Gasteiger partial charge in [-0.3, -0.25) is 37.3 Å². The van der Waals surface area contributed by atoms with Gasteiger partial charge in [-0.15, -0.1) is 0 Å². The van der Waals surface area contributed by atoms with Crippen molar-refractivity contribution < 1.29 is 80.2 Å². The number of unbranched alkanes of at least 4 members (excludes halogenated alkanes) is 53. The summed E-state index contributed by atoms with van der Waals surface area (Å²) in [6.45, 7) is 9.66. The highest BCUT2D eigenvalue weighted by atomic mass is 31.2. The Morgan fingerprint density at radius 3 is 0.660 bits per heavy atom. The van der Waals surface area contributed by atoms with Crippen LogP contribution in [0.4, 0.5) is 0 Å². The van der Waals surface area contributed by atoms with Crippen LogP contribution in [0.1, 0.15) is 446 Å². The van der Waals surface area contributed by atoms with E-state index in [2.05, 4.69) is 41.5 Å². The molecule has 612 valence electrons. The minimum absolute atomic E-state index is 0.107. The number of hydrogen-bond acceptors (Lipinski definition) is 15. The predicted octanol–water partition coefficient (Wildman–Crippen LogP) is 25.5. The normalized spacial score (nSPS) is 13.9. The molecule has 2 unspecified atom stereocenters. The molecule has 0 fully saturated rings. The summed E-state index contributed by atoms with van der Waals surface area (Å²) in [6.07, 6.45) is 66.8. The number of aliphatic hydroxyl groups is 1. The van der Waals surface area contributed by atoms with Crippen LogP contribution >= 0.6 is 15.6 Å². The van der Waals surface area contributed by atoms with Gasteiger partial charge in [0.1, 0.15) is 19.3 Å². The van der Waals surface area contributed by atoms with E-state index in [1.54, 1.807) is 0 Å². The molecule has 17 nitrogen and oxygen atoms in total. The number of carbonyl (C=O) groups is 4. The summed E-state index contributed by atoms with van der Waals surface area (Å²) in [7, 11) is -9.92. The summed E-state index contributed by atoms with van der Waals surface area (Å²) in [5.74, 6) is -0.535. The maximum absolute atomic E-state index is 13.1. The molecule has 103 heavy (non-hydrogen) atoms. The number of ether oxygens (including phenoxy) is 4. The topological polar surface area (TPSA) is 237 Å². The first-order chi connectivity index (χ1) is 49.9. The van der Waals surface area contributed by atoms with Crippen molar-refractivity contribution in [2.24, 2.45) is 11.8 Å². The monoisotopic (exact) mass is 1510 g/mol. The molecule has 3 N–H and O–H groups in total. The Labute approximate surface area is 632 Å². The molecule has 0 heterocycles. The highest BCUT2D eigenvalue weighted by Crippen LogP contribution is 2.45. The second-order valence-electron chi connectivity index (χ2n) is 31.2. The van der Waals surface area contributed by atoms with Crippen LogP contribution in [0.5, 0.6) is 0 Å². The number of carbonyl (C=O) groups excluding carboxylic acids is 4. The number of aliphatic hydroxyl groups excluding tert-OH is 1. The Bertz CT molecular complexity index is 1980. The summed E-state index contributed by atoms with van der Waals surface area (Å²) < 4.78 is 68.8. The Balaban J connectivity index is 5.20. The van der Waals surface area contributed by atoms with Crippen molar-refractivity contribution in [1.29, 1.82) is 0 Å². The highest BCUT2D eigenvalue weighted by Gasteiger charge is 2.30. The first-order valence-corrected chi connectivity index (χ1v) is 46.5. The summed E-state index contributed by atoms with van der Waals surface area (Å²) >= 11 is 0. The fraction of sp³-hybridized carbons (Fsp3) is 0.952. The minimum Gasteiger partial charge on any atom is -0.462 e. The minimum atomic E-state index is -4.96. The molecule has 0 aliphatic rings. The quantitative estimate of drug-likeness (QED) is 0.0222. The van der Waals surface area contributed by atoms with E-state index in [1.165, 1.54) is 263 Å². The van der Waals surface area contributed by atoms with Gasteiger partial charge in [-0.1, -0.05) is 395 Å². The van der Waals surface area contributed by atoms with Crippen molar-refractivity contribution in [2.45, 2.75) is 464 Å². The van der Waals surface area contributed by atoms with Crippen LogP contribution in [-0.4, -0.2) is 96.7 Å². The van der Waals surface area contributed by atoms with Crippen LogP contribution in [0.15, 0.2) is 0 Å². The number of phosphoric acid groups is 2. The van der Waals surface area contributed by atoms with Crippen LogP contribution in [0.25, 0.3) is 0 Å². The van der Waals surface area contributed by atoms with Crippen LogP contribution in [0.3, 0.4) is 0 Å². The summed E-state index contributed by atoms with van der Waals surface area (Å²) in [5.41, 5.74) is 0. The first-order valence-electron chi connectivity index (χ1n) is 43.5. The fourth-order valence-electron chi connectivity index (χ4n) is 13.1. The van der Waals surface area contributed by atoms with E-state index in [0.29, 0.717) is 25.7 Å². The van der Waals surface area contributed by atoms with Gasteiger partial charge < -0.3 is 33.8 Å². The molecule has 0 radical (unpaired) electrons. The van der Waals surface area contributed by atoms with Crippen LogP contribution in [0, 0.1) is 11.8 Å². The number of hydrogen-bond donors (Lipinski definition) is 3. The Hall–Kier alpha value is -1.94. The molecule has 0 saturated carbocycles. The average molecular weight is 1510 g/mol. The second-order valence-corrected chi connectivity index (χ2v) is 34.1. The van der Waals surface area contributed by atoms with E-state index in [0.717, 1.165) is 102 Å². The maximum atomic E-state index is 13.1. The largest absolute Gasteiger partial charge is 0.472 e. The average Bonchev–Trinajstić information content (AvgIpc) is 0.916. The van der Waals surface area contributed by atoms with E-state index < -0.39 is 97.5 Å². The van der Waals surface area contributed by atoms with E-state index in [4.69, 9.17) is 37.0 Å². The van der Waals surface area contributed by atoms with E-state index in [-0.39, 0.29) is 25.7 Å². The zero-order chi connectivity index (χ0) is 75.6. The third-order valence-electron chi connectivity index (χ3n) is 19.7. The lowest BCUT2D eigenvalue weighted by Crippen LogP contribution is -2.30. The molecule has 0 aliphatic heterocycles. The fourth-order valence-corrected chi connectivity index (χ4v) is 14.6. The van der Waals surface area contributed by atoms with Crippen LogP contribution in [0.2, 0.25) is 0 Å². The molecule has 0 amide bonds. The van der Waals surface area contributed by atoms with Crippen molar-refractivity contribution in [3.05, 3.63) is 0 Å². The SMILES string of the molecule is CCCCCCCCCCCCCCCCCCCCCCCCC(=O)O[C@H](COC(=O)CCCCCCCCCCCCCCCCCC(C)C)COP(=O)(O)OC[C@@H](O)COP(=O)(O)OC[C@@H](COC(=O)CCCCCCCCCCC)OC(=O)CCCCCCCCCCCCCC(C)C. The standard InChI is InChI=1S/C84H164O17P2/c1-7-9-11-13-15-17-18-19-20-21-22-23-24-25-26-29-33-38-44-50-56-62-68-83(88)101-80(73-95-82(87)67-61-55-49-43-37-32-30-27-28-31-35-41-46-52-58-64-76(3)4)75-99-103(92,93)97-71-78(85)70-96-102(90,91)98-74-79(72-94-81(86)66-60-54-48-40-16-14-12-10-8-2)100-84(89)69-63-57-51-45-39-34-36-42-47-53-59-65-77(5)6/h76-80,85H,7-75H2,1-6H3,(H,90,91)(H,92,93)/t78-,79+,80+/m0/s1. The second kappa shape index (κ2) is 75.5. The molecule has 0 spiro atoms. The highest BCUT2D eigenvalue weighted by molar-refractivity contribution is 7.47. The molecule has 0 aromatic heterocycles. The van der Waals surface area contributed by atoms with Gasteiger partial charge in [0.05, 0.1) is 26.4 Å². The molecule has 0 bridgehead atoms. The lowest BCUT2D eigenvalue weighted by atomic mass is 10.0. The van der Waals surface area contributed by atoms with Gasteiger partial charge in [0.15, 0.2) is 12.2 Å². The number of esters is 4. The molecule has 0 aromatic rings. The molecular formula is C84H164O17P2. The summed E-state index contributed by atoms with van der Waals surface area (Å²) in [4.78, 5) is 73.1. The van der Waals surface area contributed by atoms with Crippen molar-refractivity contribution in [1.82, 2.24) is 0 Å². The zero-order valence-corrected chi connectivity index (χ0v) is 69.4. The number of phosphoric ester groups is 2. The lowest BCUT2D eigenvalue weighted by molar-refractivity contribution is -0.161. The molecule has 19 heteroatoms. The Morgan fingerprint density at radius 2 is 0.447 bits per heavy atom. The van der Waals surface area contributed by atoms with Gasteiger partial charge in [-0.25, -0.2) is 9.13 Å². The van der Waals surface area contributed by atoms with Gasteiger partial charge in [0.2, 0.25) is 0 Å². The first kappa shape index (κ1) is 101. The molecule has 5 atom stereocenters. The number of rotatable bonds is 83. The van der Waals surface area contributed by atoms with E-state index in [1.807, 2.05) is 0 Å². The molecule has 0 aromatic carbocycles. The van der Waals surface area contributed by atoms with E-state index >= 15 is 0 Å². The molecule has 0 saturated heterocycles. The predicted molar refractivity (Wildman–Crippen MR) is 423 cm³/mol. The van der Waals surface area contributed by atoms with Crippen molar-refractivity contribution >= 4 is 39.5 Å². The van der Waals surface area contributed by atoms with Crippen molar-refractivity contribution in [2.75, 3.05) is 39.6 Å². The third kappa shape index (κ3) is 78.0. The molecule has 0 aliphatic carbocycles. The van der Waals surface area contributed by atoms with Gasteiger partial charge in [-0.05, 0) is 37.5 Å². The Kier molecular flexibility index (Phi) is 74.1. The Morgan fingerprint density at radius 1 is 0.262 bits per heavy atom. The van der Waals surface area contributed by atoms with Crippen molar-refractivity contribution in [3.8, 4) is 0 Å². The van der Waals surface area contributed by atoms with Crippen LogP contribution < -0.4 is 0 Å². The maximum Gasteiger partial charge on any atom is 0.472 e. The van der Waals surface area contributed by atoms with Gasteiger partial charge in [0.25, 0.3) is 0 Å². The van der Waals surface area contributed by atoms with Gasteiger partial charge >= 0.3 is 39.5 Å². The smallest absolute Gasteiger partial charge is 0.462 e. The molecule has 0 rings (SSSR count). The van der Waals surface area contributed by atoms with Crippen LogP contribution in [-0.2, 0) is 65.4 Å². The zero-order valence-electron chi connectivity index (χ0n) is 67.6. The molecular weight excluding hydrogens is 1340 g/mol. The van der Waals surface area contributed by atoms with Gasteiger partial charge in [-0.2, -0.15) is 0 Å².